The maximum atomic E-state index is 12.3. The predicted molar refractivity (Wildman–Crippen MR) is 77.0 cm³/mol. The summed E-state index contributed by atoms with van der Waals surface area (Å²) in [6, 6.07) is 4.24. The summed E-state index contributed by atoms with van der Waals surface area (Å²) < 4.78 is 0.674. The number of aliphatic hydroxyl groups is 1. The Labute approximate surface area is 123 Å². The number of nitrogens with zero attached hydrogens (tertiary/aromatic N) is 2. The van der Waals surface area contributed by atoms with E-state index < -0.39 is 11.0 Å². The van der Waals surface area contributed by atoms with Gasteiger partial charge in [0, 0.05) is 28.8 Å². The number of amides is 1. The van der Waals surface area contributed by atoms with Gasteiger partial charge in [0.1, 0.15) is 0 Å². The molecule has 1 saturated heterocycles. The van der Waals surface area contributed by atoms with E-state index in [0.29, 0.717) is 22.1 Å². The number of β-amino-alcohol motifs (C(OH)–C–C–N with tert-alkyl or cyclic N) is 1. The van der Waals surface area contributed by atoms with Crippen molar-refractivity contribution in [3.05, 3.63) is 37.4 Å². The Kier molecular flexibility index (Phi) is 4.35. The molecule has 1 aliphatic heterocycles. The molecule has 1 heterocycles. The van der Waals surface area contributed by atoms with Crippen molar-refractivity contribution in [1.82, 2.24) is 4.90 Å². The molecule has 2 rings (SSSR count). The zero-order chi connectivity index (χ0) is 14.0. The third-order valence-electron chi connectivity index (χ3n) is 3.07. The zero-order valence-corrected chi connectivity index (χ0v) is 12.2. The van der Waals surface area contributed by atoms with Crippen LogP contribution in [0.5, 0.6) is 0 Å². The van der Waals surface area contributed by atoms with Crippen molar-refractivity contribution >= 4 is 34.2 Å². The number of carbonyl (C=O) groups is 1. The molecular formula is C12H13IN2O4. The van der Waals surface area contributed by atoms with E-state index in [4.69, 9.17) is 0 Å². The summed E-state index contributed by atoms with van der Waals surface area (Å²) in [5.74, 6) is -0.258. The number of rotatable bonds is 2. The van der Waals surface area contributed by atoms with E-state index in [9.17, 15) is 20.0 Å². The van der Waals surface area contributed by atoms with Gasteiger partial charge in [0.25, 0.3) is 11.6 Å². The van der Waals surface area contributed by atoms with Crippen LogP contribution in [0.15, 0.2) is 18.2 Å². The number of halogens is 1. The van der Waals surface area contributed by atoms with Crippen LogP contribution < -0.4 is 0 Å². The summed E-state index contributed by atoms with van der Waals surface area (Å²) in [5.41, 5.74) is 0.227. The van der Waals surface area contributed by atoms with E-state index in [-0.39, 0.29) is 18.1 Å². The number of likely N-dealkylation sites (tertiary alicyclic amines) is 1. The van der Waals surface area contributed by atoms with E-state index in [0.717, 1.165) is 6.42 Å². The fourth-order valence-electron chi connectivity index (χ4n) is 2.10. The first-order chi connectivity index (χ1) is 8.99. The molecule has 1 atom stereocenters. The molecular weight excluding hydrogens is 363 g/mol. The van der Waals surface area contributed by atoms with Crippen LogP contribution in [-0.2, 0) is 0 Å². The normalized spacial score (nSPS) is 19.3. The number of nitro benzene ring substituents is 1. The smallest absolute Gasteiger partial charge is 0.270 e. The molecule has 0 spiro atoms. The van der Waals surface area contributed by atoms with Gasteiger partial charge in [-0.2, -0.15) is 0 Å². The molecule has 0 bridgehead atoms. The van der Waals surface area contributed by atoms with Crippen LogP contribution in [0.2, 0.25) is 0 Å². The van der Waals surface area contributed by atoms with Gasteiger partial charge in [-0.15, -0.1) is 0 Å². The van der Waals surface area contributed by atoms with E-state index in [1.54, 1.807) is 11.0 Å². The van der Waals surface area contributed by atoms with Gasteiger partial charge < -0.3 is 10.0 Å². The molecule has 1 N–H and O–H groups in total. The Hall–Kier alpha value is -1.22. The van der Waals surface area contributed by atoms with Crippen LogP contribution in [-0.4, -0.2) is 40.0 Å². The minimum Gasteiger partial charge on any atom is -0.391 e. The number of aliphatic hydroxyl groups excluding tert-OH is 1. The van der Waals surface area contributed by atoms with Crippen LogP contribution in [0.25, 0.3) is 0 Å². The molecule has 1 amide bonds. The quantitative estimate of drug-likeness (QED) is 0.485. The highest BCUT2D eigenvalue weighted by Gasteiger charge is 2.25. The van der Waals surface area contributed by atoms with Crippen LogP contribution in [0.1, 0.15) is 23.2 Å². The Balaban J connectivity index is 2.27. The minimum atomic E-state index is -0.516. The standard InChI is InChI=1S/C12H13IN2O4/c13-11-4-3-8(15(18)19)6-10(11)12(17)14-5-1-2-9(16)7-14/h3-4,6,9,16H,1-2,5,7H2/t9-/m0/s1. The van der Waals surface area contributed by atoms with Gasteiger partial charge in [-0.25, -0.2) is 0 Å². The van der Waals surface area contributed by atoms with Crippen molar-refractivity contribution in [3.63, 3.8) is 0 Å². The van der Waals surface area contributed by atoms with Gasteiger partial charge in [-0.3, -0.25) is 14.9 Å². The number of non-ortho nitro benzene ring substituents is 1. The number of piperidine rings is 1. The van der Waals surface area contributed by atoms with Gasteiger partial charge in [0.15, 0.2) is 0 Å². The Morgan fingerprint density at radius 1 is 1.53 bits per heavy atom. The van der Waals surface area contributed by atoms with Crippen LogP contribution in [0.3, 0.4) is 0 Å². The molecule has 102 valence electrons. The topological polar surface area (TPSA) is 83.7 Å². The molecule has 1 fully saturated rings. The first kappa shape index (κ1) is 14.2. The van der Waals surface area contributed by atoms with Crippen molar-refractivity contribution in [2.24, 2.45) is 0 Å². The summed E-state index contributed by atoms with van der Waals surface area (Å²) in [5, 5.41) is 20.3. The average Bonchev–Trinajstić information content (AvgIpc) is 2.38. The summed E-state index contributed by atoms with van der Waals surface area (Å²) in [6.07, 6.45) is 0.933. The van der Waals surface area contributed by atoms with Crippen LogP contribution >= 0.6 is 22.6 Å². The van der Waals surface area contributed by atoms with E-state index >= 15 is 0 Å². The fraction of sp³-hybridized carbons (Fsp3) is 0.417. The van der Waals surface area contributed by atoms with Crippen molar-refractivity contribution in [2.75, 3.05) is 13.1 Å². The Morgan fingerprint density at radius 3 is 2.89 bits per heavy atom. The lowest BCUT2D eigenvalue weighted by Gasteiger charge is -2.30. The molecule has 7 heteroatoms. The van der Waals surface area contributed by atoms with Crippen molar-refractivity contribution < 1.29 is 14.8 Å². The summed E-state index contributed by atoms with van der Waals surface area (Å²) in [6.45, 7) is 0.867. The SMILES string of the molecule is O=C(c1cc([N+](=O)[O-])ccc1I)N1CCC[C@H](O)C1. The van der Waals surface area contributed by atoms with Gasteiger partial charge in [-0.1, -0.05) is 0 Å². The summed E-state index contributed by atoms with van der Waals surface area (Å²) >= 11 is 1.98. The maximum Gasteiger partial charge on any atom is 0.270 e. The highest BCUT2D eigenvalue weighted by molar-refractivity contribution is 14.1. The lowest BCUT2D eigenvalue weighted by Crippen LogP contribution is -2.42. The van der Waals surface area contributed by atoms with Gasteiger partial charge in [0.05, 0.1) is 16.6 Å². The van der Waals surface area contributed by atoms with Gasteiger partial charge in [0.2, 0.25) is 0 Å². The van der Waals surface area contributed by atoms with Crippen LogP contribution in [0, 0.1) is 13.7 Å². The molecule has 0 aliphatic carbocycles. The second kappa shape index (κ2) is 5.83. The number of benzene rings is 1. The summed E-state index contributed by atoms with van der Waals surface area (Å²) in [4.78, 5) is 24.1. The third-order valence-corrected chi connectivity index (χ3v) is 4.02. The monoisotopic (exact) mass is 376 g/mol. The Morgan fingerprint density at radius 2 is 2.26 bits per heavy atom. The molecule has 0 aromatic heterocycles. The average molecular weight is 376 g/mol. The van der Waals surface area contributed by atoms with Crippen molar-refractivity contribution in [1.29, 1.82) is 0 Å². The second-order valence-corrected chi connectivity index (χ2v) is 5.63. The highest BCUT2D eigenvalue weighted by Crippen LogP contribution is 2.22. The van der Waals surface area contributed by atoms with Gasteiger partial charge in [-0.05, 0) is 41.5 Å². The molecule has 1 aromatic carbocycles. The largest absolute Gasteiger partial charge is 0.391 e. The lowest BCUT2D eigenvalue weighted by atomic mass is 10.1. The molecule has 6 nitrogen and oxygen atoms in total. The van der Waals surface area contributed by atoms with E-state index in [1.165, 1.54) is 12.1 Å². The van der Waals surface area contributed by atoms with Gasteiger partial charge >= 0.3 is 0 Å². The fourth-order valence-corrected chi connectivity index (χ4v) is 2.67. The van der Waals surface area contributed by atoms with E-state index in [1.807, 2.05) is 22.6 Å². The third kappa shape index (κ3) is 3.21. The first-order valence-electron chi connectivity index (χ1n) is 5.90. The second-order valence-electron chi connectivity index (χ2n) is 4.47. The highest BCUT2D eigenvalue weighted by atomic mass is 127. The first-order valence-corrected chi connectivity index (χ1v) is 6.98. The molecule has 0 unspecified atom stereocenters. The van der Waals surface area contributed by atoms with Crippen LogP contribution in [0.4, 0.5) is 5.69 Å². The molecule has 0 saturated carbocycles. The number of carbonyl (C=O) groups excluding carboxylic acids is 1. The zero-order valence-electron chi connectivity index (χ0n) is 10.1. The predicted octanol–water partition coefficient (Wildman–Crippen LogP) is 1.80. The molecule has 1 aromatic rings. The van der Waals surface area contributed by atoms with Crippen molar-refractivity contribution in [3.8, 4) is 0 Å². The maximum absolute atomic E-state index is 12.3. The van der Waals surface area contributed by atoms with E-state index in [2.05, 4.69) is 0 Å². The number of hydrogen-bond acceptors (Lipinski definition) is 4. The van der Waals surface area contributed by atoms with Crippen molar-refractivity contribution in [2.45, 2.75) is 18.9 Å². The molecule has 1 aliphatic rings. The number of nitro groups is 1. The molecule has 19 heavy (non-hydrogen) atoms. The minimum absolute atomic E-state index is 0.0960. The molecule has 0 radical (unpaired) electrons. The Bertz CT molecular complexity index is 520. The number of hydrogen-bond donors (Lipinski definition) is 1. The lowest BCUT2D eigenvalue weighted by molar-refractivity contribution is -0.384. The summed E-state index contributed by atoms with van der Waals surface area (Å²) in [7, 11) is 0.